The van der Waals surface area contributed by atoms with Crippen molar-refractivity contribution >= 4 is 29.1 Å². The van der Waals surface area contributed by atoms with Crippen LogP contribution in [0.15, 0.2) is 53.1 Å². The molecular weight excluding hydrogens is 305 g/mol. The van der Waals surface area contributed by atoms with Crippen molar-refractivity contribution in [3.05, 3.63) is 58.7 Å². The first kappa shape index (κ1) is 16.1. The van der Waals surface area contributed by atoms with Crippen LogP contribution in [0.1, 0.15) is 19.4 Å². The Morgan fingerprint density at radius 3 is 2.67 bits per heavy atom. The molecule has 1 aromatic carbocycles. The molecule has 1 aliphatic rings. The predicted octanol–water partition coefficient (Wildman–Crippen LogP) is 4.34. The Morgan fingerprint density at radius 1 is 1.43 bits per heavy atom. The van der Waals surface area contributed by atoms with Crippen molar-refractivity contribution in [2.75, 3.05) is 6.54 Å². The lowest BCUT2D eigenvalue weighted by Gasteiger charge is -2.15. The van der Waals surface area contributed by atoms with Gasteiger partial charge in [0, 0.05) is 35.0 Å². The minimum atomic E-state index is -0.0554. The van der Waals surface area contributed by atoms with Gasteiger partial charge in [0.2, 0.25) is 0 Å². The van der Waals surface area contributed by atoms with Gasteiger partial charge in [-0.2, -0.15) is 0 Å². The number of alkyl halides is 1. The van der Waals surface area contributed by atoms with Gasteiger partial charge in [0.15, 0.2) is 0 Å². The number of halogens is 2. The number of carbonyl (C=O) groups is 1. The summed E-state index contributed by atoms with van der Waals surface area (Å²) in [4.78, 5) is 14.4. The Hall–Kier alpha value is -1.25. The Labute approximate surface area is 136 Å². The second-order valence-corrected chi connectivity index (χ2v) is 6.54. The van der Waals surface area contributed by atoms with E-state index < -0.39 is 0 Å². The van der Waals surface area contributed by atoms with Crippen molar-refractivity contribution in [1.82, 2.24) is 4.90 Å². The number of likely N-dealkylation sites (tertiary alicyclic amines) is 1. The highest BCUT2D eigenvalue weighted by molar-refractivity contribution is 6.31. The number of amides is 1. The zero-order valence-corrected chi connectivity index (χ0v) is 13.7. The number of hydrogen-bond donors (Lipinski definition) is 0. The van der Waals surface area contributed by atoms with Gasteiger partial charge in [0.05, 0.1) is 0 Å². The molecule has 0 bridgehead atoms. The van der Waals surface area contributed by atoms with Gasteiger partial charge in [0.25, 0.3) is 5.91 Å². The topological polar surface area (TPSA) is 20.3 Å². The fraction of sp³-hybridized carbons (Fsp3) is 0.353. The van der Waals surface area contributed by atoms with E-state index in [0.29, 0.717) is 23.7 Å². The van der Waals surface area contributed by atoms with Crippen LogP contribution in [0, 0.1) is 5.92 Å². The molecule has 0 radical (unpaired) electrons. The number of carbonyl (C=O) groups excluding carboxylic acids is 1. The van der Waals surface area contributed by atoms with Crippen molar-refractivity contribution < 1.29 is 4.79 Å². The van der Waals surface area contributed by atoms with Gasteiger partial charge in [-0.15, -0.1) is 11.6 Å². The van der Waals surface area contributed by atoms with Gasteiger partial charge < -0.3 is 4.90 Å². The molecule has 21 heavy (non-hydrogen) atoms. The van der Waals surface area contributed by atoms with Crippen LogP contribution in [-0.2, 0) is 11.3 Å². The molecule has 1 heterocycles. The van der Waals surface area contributed by atoms with Crippen LogP contribution in [0.5, 0.6) is 0 Å². The molecule has 1 amide bonds. The van der Waals surface area contributed by atoms with E-state index in [2.05, 4.69) is 0 Å². The molecule has 2 rings (SSSR count). The molecule has 2 nitrogen and oxygen atoms in total. The van der Waals surface area contributed by atoms with Gasteiger partial charge in [-0.25, -0.2) is 0 Å². The molecule has 2 atom stereocenters. The first-order valence-electron chi connectivity index (χ1n) is 7.01. The van der Waals surface area contributed by atoms with Crippen LogP contribution >= 0.6 is 23.2 Å². The normalized spacial score (nSPS) is 23.0. The maximum absolute atomic E-state index is 12.5. The van der Waals surface area contributed by atoms with Gasteiger partial charge in [-0.3, -0.25) is 4.79 Å². The molecule has 0 aliphatic carbocycles. The molecule has 0 N–H and O–H groups in total. The van der Waals surface area contributed by atoms with E-state index in [1.807, 2.05) is 54.3 Å². The molecule has 0 aromatic heterocycles. The monoisotopic (exact) mass is 323 g/mol. The summed E-state index contributed by atoms with van der Waals surface area (Å²) in [5.41, 5.74) is 1.80. The Morgan fingerprint density at radius 2 is 2.10 bits per heavy atom. The van der Waals surface area contributed by atoms with Crippen molar-refractivity contribution in [1.29, 1.82) is 0 Å². The number of hydrogen-bond acceptors (Lipinski definition) is 1. The van der Waals surface area contributed by atoms with Crippen LogP contribution in [0.25, 0.3) is 0 Å². The second kappa shape index (κ2) is 7.15. The van der Waals surface area contributed by atoms with E-state index in [4.69, 9.17) is 23.2 Å². The molecule has 1 aliphatic heterocycles. The van der Waals surface area contributed by atoms with Gasteiger partial charge in [-0.05, 0) is 19.4 Å². The maximum Gasteiger partial charge on any atom is 0.251 e. The molecule has 0 saturated carbocycles. The average Bonchev–Trinajstić information content (AvgIpc) is 2.74. The van der Waals surface area contributed by atoms with E-state index in [1.165, 1.54) is 0 Å². The minimum Gasteiger partial charge on any atom is -0.334 e. The summed E-state index contributed by atoms with van der Waals surface area (Å²) in [7, 11) is 0. The molecule has 2 unspecified atom stereocenters. The van der Waals surface area contributed by atoms with Crippen molar-refractivity contribution in [3.63, 3.8) is 0 Å². The molecule has 112 valence electrons. The van der Waals surface area contributed by atoms with Crippen molar-refractivity contribution in [3.8, 4) is 0 Å². The largest absolute Gasteiger partial charge is 0.334 e. The summed E-state index contributed by atoms with van der Waals surface area (Å²) in [6.07, 6.45) is 3.90. The van der Waals surface area contributed by atoms with Crippen LogP contribution in [-0.4, -0.2) is 22.7 Å². The summed E-state index contributed by atoms with van der Waals surface area (Å²) in [6.45, 7) is 4.92. The quantitative estimate of drug-likeness (QED) is 0.458. The molecule has 1 fully saturated rings. The number of nitrogens with zero attached hydrogens (tertiary/aromatic N) is 1. The van der Waals surface area contributed by atoms with Gasteiger partial charge in [0.1, 0.15) is 0 Å². The van der Waals surface area contributed by atoms with E-state index in [1.54, 1.807) is 6.92 Å². The van der Waals surface area contributed by atoms with Gasteiger partial charge >= 0.3 is 0 Å². The maximum atomic E-state index is 12.5. The standard InChI is InChI=1S/C17H19Cl2NO/c1-12(18)8-9-15-11-20(17(21)16(15)13(2)19)10-14-6-4-3-5-7-14/h3-9,12,15H,10-11H2,1-2H3/b9-8+,16-13-. The molecule has 1 aromatic rings. The van der Waals surface area contributed by atoms with Crippen molar-refractivity contribution in [2.24, 2.45) is 5.92 Å². The summed E-state index contributed by atoms with van der Waals surface area (Å²) < 4.78 is 0. The summed E-state index contributed by atoms with van der Waals surface area (Å²) in [5, 5.41) is 0.507. The van der Waals surface area contributed by atoms with E-state index in [0.717, 1.165) is 5.56 Å². The number of allylic oxidation sites excluding steroid dienone is 2. The molecule has 4 heteroatoms. The number of benzene rings is 1. The zero-order valence-electron chi connectivity index (χ0n) is 12.2. The fourth-order valence-corrected chi connectivity index (χ4v) is 2.83. The van der Waals surface area contributed by atoms with Gasteiger partial charge in [-0.1, -0.05) is 54.1 Å². The summed E-state index contributed by atoms with van der Waals surface area (Å²) >= 11 is 12.1. The lowest BCUT2D eigenvalue weighted by Crippen LogP contribution is -2.24. The third kappa shape index (κ3) is 4.12. The fourth-order valence-electron chi connectivity index (χ4n) is 2.53. The van der Waals surface area contributed by atoms with Crippen LogP contribution < -0.4 is 0 Å². The SMILES string of the molecule is C/C(Cl)=C1/C(=O)N(Cc2ccccc2)CC1/C=C/C(C)Cl. The van der Waals surface area contributed by atoms with Crippen LogP contribution in [0.4, 0.5) is 0 Å². The molecule has 0 spiro atoms. The summed E-state index contributed by atoms with van der Waals surface area (Å²) in [5.74, 6) is 0.0307. The van der Waals surface area contributed by atoms with E-state index in [9.17, 15) is 4.79 Å². The highest BCUT2D eigenvalue weighted by Gasteiger charge is 2.34. The highest BCUT2D eigenvalue weighted by Crippen LogP contribution is 2.31. The van der Waals surface area contributed by atoms with Crippen molar-refractivity contribution in [2.45, 2.75) is 25.8 Å². The third-order valence-corrected chi connectivity index (χ3v) is 3.85. The lowest BCUT2D eigenvalue weighted by molar-refractivity contribution is -0.125. The minimum absolute atomic E-state index is 0.0138. The first-order valence-corrected chi connectivity index (χ1v) is 7.82. The molecule has 1 saturated heterocycles. The Bertz CT molecular complexity index is 559. The second-order valence-electron chi connectivity index (χ2n) is 5.29. The molecular formula is C17H19Cl2NO. The average molecular weight is 324 g/mol. The first-order chi connectivity index (χ1) is 9.99. The number of rotatable bonds is 4. The third-order valence-electron chi connectivity index (χ3n) is 3.50. The van der Waals surface area contributed by atoms with Crippen LogP contribution in [0.3, 0.4) is 0 Å². The van der Waals surface area contributed by atoms with E-state index >= 15 is 0 Å². The highest BCUT2D eigenvalue weighted by atomic mass is 35.5. The Balaban J connectivity index is 2.19. The smallest absolute Gasteiger partial charge is 0.251 e. The zero-order chi connectivity index (χ0) is 15.4. The predicted molar refractivity (Wildman–Crippen MR) is 88.4 cm³/mol. The lowest BCUT2D eigenvalue weighted by atomic mass is 10.0. The van der Waals surface area contributed by atoms with Crippen LogP contribution in [0.2, 0.25) is 0 Å². The Kier molecular flexibility index (Phi) is 5.49. The van der Waals surface area contributed by atoms with E-state index in [-0.39, 0.29) is 17.2 Å². The summed E-state index contributed by atoms with van der Waals surface area (Å²) in [6, 6.07) is 9.97.